The molecule has 3 rings (SSSR count). The van der Waals surface area contributed by atoms with Crippen LogP contribution in [0, 0.1) is 11.7 Å². The Morgan fingerprint density at radius 1 is 1.33 bits per heavy atom. The molecule has 2 aliphatic rings. The van der Waals surface area contributed by atoms with Crippen molar-refractivity contribution >= 4 is 17.6 Å². The first-order valence-electron chi connectivity index (χ1n) is 8.57. The minimum atomic E-state index is -0.340. The summed E-state index contributed by atoms with van der Waals surface area (Å²) in [6.07, 6.45) is 2.47. The zero-order valence-corrected chi connectivity index (χ0v) is 14.4. The van der Waals surface area contributed by atoms with E-state index in [1.54, 1.807) is 12.1 Å². The molecule has 2 atom stereocenters. The third kappa shape index (κ3) is 4.47. The molecule has 1 aliphatic heterocycles. The molecule has 0 unspecified atom stereocenters. The number of nitrogens with zero attached hydrogens (tertiary/aromatic N) is 1. The Morgan fingerprint density at radius 3 is 2.88 bits per heavy atom. The van der Waals surface area contributed by atoms with Crippen molar-refractivity contribution in [3.05, 3.63) is 34.6 Å². The summed E-state index contributed by atoms with van der Waals surface area (Å²) in [6, 6.07) is 4.62. The molecule has 0 radical (unpaired) electrons. The first-order chi connectivity index (χ1) is 11.7. The lowest BCUT2D eigenvalue weighted by Crippen LogP contribution is -2.36. The van der Waals surface area contributed by atoms with Crippen molar-refractivity contribution in [2.45, 2.75) is 25.2 Å². The van der Waals surface area contributed by atoms with Gasteiger partial charge in [-0.15, -0.1) is 0 Å². The van der Waals surface area contributed by atoms with Crippen LogP contribution in [0.25, 0.3) is 0 Å². The lowest BCUT2D eigenvalue weighted by atomic mass is 10.1. The Morgan fingerprint density at radius 2 is 2.12 bits per heavy atom. The van der Waals surface area contributed by atoms with Crippen LogP contribution >= 0.6 is 11.6 Å². The van der Waals surface area contributed by atoms with Crippen molar-refractivity contribution in [1.82, 2.24) is 4.90 Å². The highest BCUT2D eigenvalue weighted by Crippen LogP contribution is 2.51. The van der Waals surface area contributed by atoms with Gasteiger partial charge in [-0.3, -0.25) is 9.69 Å². The van der Waals surface area contributed by atoms with Crippen molar-refractivity contribution in [2.24, 2.45) is 5.92 Å². The van der Waals surface area contributed by atoms with Gasteiger partial charge in [-0.25, -0.2) is 4.39 Å². The predicted octanol–water partition coefficient (Wildman–Crippen LogP) is 3.24. The van der Waals surface area contributed by atoms with E-state index in [0.717, 1.165) is 45.7 Å². The minimum absolute atomic E-state index is 0.139. The molecule has 24 heavy (non-hydrogen) atoms. The van der Waals surface area contributed by atoms with Gasteiger partial charge >= 0.3 is 5.97 Å². The van der Waals surface area contributed by atoms with Crippen LogP contribution in [-0.4, -0.2) is 50.3 Å². The van der Waals surface area contributed by atoms with Crippen molar-refractivity contribution in [2.75, 3.05) is 39.5 Å². The standard InChI is InChI=1S/C18H23ClFNO3/c19-15-4-3-5-16(20)17(15)13-12-14(13)18(22)24-9-2-1-6-21-7-10-23-11-8-21/h3-5,13-14H,1-2,6-12H2/t13-,14+/m0/s1. The van der Waals surface area contributed by atoms with Crippen LogP contribution in [0.2, 0.25) is 5.02 Å². The Kier molecular flexibility index (Phi) is 6.09. The summed E-state index contributed by atoms with van der Waals surface area (Å²) in [5.74, 6) is -0.961. The van der Waals surface area contributed by atoms with E-state index in [1.165, 1.54) is 6.07 Å². The highest BCUT2D eigenvalue weighted by atomic mass is 35.5. The Balaban J connectivity index is 1.35. The van der Waals surface area contributed by atoms with Gasteiger partial charge in [0.05, 0.1) is 25.7 Å². The van der Waals surface area contributed by atoms with Gasteiger partial charge in [0.2, 0.25) is 0 Å². The minimum Gasteiger partial charge on any atom is -0.465 e. The predicted molar refractivity (Wildman–Crippen MR) is 89.7 cm³/mol. The molecule has 1 aromatic carbocycles. The third-order valence-electron chi connectivity index (χ3n) is 4.68. The molecule has 1 aromatic rings. The number of carbonyl (C=O) groups excluding carboxylic acids is 1. The Bertz CT molecular complexity index is 557. The lowest BCUT2D eigenvalue weighted by molar-refractivity contribution is -0.145. The van der Waals surface area contributed by atoms with Crippen LogP contribution < -0.4 is 0 Å². The third-order valence-corrected chi connectivity index (χ3v) is 5.01. The van der Waals surface area contributed by atoms with Crippen LogP contribution in [0.5, 0.6) is 0 Å². The van der Waals surface area contributed by atoms with Gasteiger partial charge in [-0.1, -0.05) is 17.7 Å². The molecule has 2 fully saturated rings. The van der Waals surface area contributed by atoms with Crippen LogP contribution in [0.3, 0.4) is 0 Å². The summed E-state index contributed by atoms with van der Waals surface area (Å²) in [6.45, 7) is 5.00. The summed E-state index contributed by atoms with van der Waals surface area (Å²) >= 11 is 6.05. The average Bonchev–Trinajstić information content (AvgIpc) is 3.35. The number of unbranched alkanes of at least 4 members (excludes halogenated alkanes) is 1. The van der Waals surface area contributed by atoms with Gasteiger partial charge in [0, 0.05) is 29.6 Å². The SMILES string of the molecule is O=C(OCCCCN1CCOCC1)[C@@H]1C[C@@H]1c1c(F)cccc1Cl. The summed E-state index contributed by atoms with van der Waals surface area (Å²) in [5, 5.41) is 0.390. The van der Waals surface area contributed by atoms with E-state index in [2.05, 4.69) is 4.90 Å². The fraction of sp³-hybridized carbons (Fsp3) is 0.611. The lowest BCUT2D eigenvalue weighted by Gasteiger charge is -2.26. The zero-order chi connectivity index (χ0) is 16.9. The van der Waals surface area contributed by atoms with Crippen LogP contribution in [0.4, 0.5) is 4.39 Å². The number of ether oxygens (including phenoxy) is 2. The molecule has 4 nitrogen and oxygen atoms in total. The monoisotopic (exact) mass is 355 g/mol. The van der Waals surface area contributed by atoms with Gasteiger partial charge in [0.25, 0.3) is 0 Å². The molecule has 1 heterocycles. The summed E-state index contributed by atoms with van der Waals surface area (Å²) in [5.41, 5.74) is 0.452. The first kappa shape index (κ1) is 17.6. The van der Waals surface area contributed by atoms with Crippen LogP contribution in [-0.2, 0) is 14.3 Å². The first-order valence-corrected chi connectivity index (χ1v) is 8.95. The summed E-state index contributed by atoms with van der Waals surface area (Å²) in [4.78, 5) is 14.4. The van der Waals surface area contributed by atoms with E-state index in [0.29, 0.717) is 23.6 Å². The summed E-state index contributed by atoms with van der Waals surface area (Å²) in [7, 11) is 0. The number of esters is 1. The smallest absolute Gasteiger partial charge is 0.309 e. The average molecular weight is 356 g/mol. The van der Waals surface area contributed by atoms with Crippen LogP contribution in [0.15, 0.2) is 18.2 Å². The maximum absolute atomic E-state index is 13.9. The van der Waals surface area contributed by atoms with E-state index >= 15 is 0 Å². The second-order valence-corrected chi connectivity index (χ2v) is 6.82. The van der Waals surface area contributed by atoms with Crippen molar-refractivity contribution in [3.8, 4) is 0 Å². The van der Waals surface area contributed by atoms with E-state index in [1.807, 2.05) is 0 Å². The van der Waals surface area contributed by atoms with E-state index in [-0.39, 0.29) is 23.6 Å². The quantitative estimate of drug-likeness (QED) is 0.556. The molecule has 0 spiro atoms. The largest absolute Gasteiger partial charge is 0.465 e. The topological polar surface area (TPSA) is 38.8 Å². The molecule has 1 saturated carbocycles. The van der Waals surface area contributed by atoms with Crippen molar-refractivity contribution in [3.63, 3.8) is 0 Å². The molecule has 132 valence electrons. The highest BCUT2D eigenvalue weighted by molar-refractivity contribution is 6.31. The number of hydrogen-bond donors (Lipinski definition) is 0. The second-order valence-electron chi connectivity index (χ2n) is 6.41. The van der Waals surface area contributed by atoms with Gasteiger partial charge in [0.15, 0.2) is 0 Å². The van der Waals surface area contributed by atoms with Gasteiger partial charge in [-0.2, -0.15) is 0 Å². The number of morpholine rings is 1. The normalized spacial score (nSPS) is 23.9. The highest BCUT2D eigenvalue weighted by Gasteiger charge is 2.47. The summed E-state index contributed by atoms with van der Waals surface area (Å²) < 4.78 is 24.5. The number of carbonyl (C=O) groups is 1. The number of halogens is 2. The van der Waals surface area contributed by atoms with Gasteiger partial charge in [0.1, 0.15) is 5.82 Å². The van der Waals surface area contributed by atoms with E-state index < -0.39 is 0 Å². The molecular weight excluding hydrogens is 333 g/mol. The van der Waals surface area contributed by atoms with Crippen LogP contribution in [0.1, 0.15) is 30.7 Å². The molecule has 1 aliphatic carbocycles. The molecule has 0 amide bonds. The molecule has 1 saturated heterocycles. The number of hydrogen-bond acceptors (Lipinski definition) is 4. The number of rotatable bonds is 7. The molecular formula is C18H23ClFNO3. The number of benzene rings is 1. The van der Waals surface area contributed by atoms with Gasteiger partial charge < -0.3 is 9.47 Å². The maximum Gasteiger partial charge on any atom is 0.309 e. The maximum atomic E-state index is 13.9. The second kappa shape index (κ2) is 8.28. The molecule has 6 heteroatoms. The molecule has 0 bridgehead atoms. The van der Waals surface area contributed by atoms with E-state index in [9.17, 15) is 9.18 Å². The molecule has 0 aromatic heterocycles. The van der Waals surface area contributed by atoms with Gasteiger partial charge in [-0.05, 0) is 37.9 Å². The Labute approximate surface area is 146 Å². The zero-order valence-electron chi connectivity index (χ0n) is 13.7. The van der Waals surface area contributed by atoms with Crippen molar-refractivity contribution in [1.29, 1.82) is 0 Å². The fourth-order valence-electron chi connectivity index (χ4n) is 3.18. The fourth-order valence-corrected chi connectivity index (χ4v) is 3.48. The Hall–Kier alpha value is -1.17. The molecule has 0 N–H and O–H groups in total. The van der Waals surface area contributed by atoms with Crippen molar-refractivity contribution < 1.29 is 18.7 Å². The van der Waals surface area contributed by atoms with E-state index in [4.69, 9.17) is 21.1 Å².